The Bertz CT molecular complexity index is 1340. The van der Waals surface area contributed by atoms with Crippen LogP contribution in [0.4, 0.5) is 0 Å². The fourth-order valence-corrected chi connectivity index (χ4v) is 4.12. The number of carbonyl (C=O) groups excluding carboxylic acids is 2. The minimum Gasteiger partial charge on any atom is -0.496 e. The lowest BCUT2D eigenvalue weighted by Gasteiger charge is -2.12. The number of hydrogen-bond donors (Lipinski definition) is 0. The normalized spacial score (nSPS) is 11.2. The molecule has 0 fully saturated rings. The van der Waals surface area contributed by atoms with Gasteiger partial charge in [-0.15, -0.1) is 5.10 Å². The molecule has 0 aliphatic carbocycles. The van der Waals surface area contributed by atoms with Crippen molar-refractivity contribution in [2.45, 2.75) is 33.9 Å². The molecule has 0 amide bonds. The molecule has 0 aliphatic heterocycles. The summed E-state index contributed by atoms with van der Waals surface area (Å²) in [7, 11) is 1.62. The van der Waals surface area contributed by atoms with Crippen LogP contribution in [0.15, 0.2) is 36.5 Å². The number of aryl methyl sites for hydroxylation is 2. The highest BCUT2D eigenvalue weighted by molar-refractivity contribution is 6.16. The largest absolute Gasteiger partial charge is 0.496 e. The van der Waals surface area contributed by atoms with Crippen molar-refractivity contribution in [2.75, 3.05) is 20.3 Å². The maximum Gasteiger partial charge on any atom is 0.360 e. The van der Waals surface area contributed by atoms with E-state index in [1.807, 2.05) is 37.3 Å². The highest BCUT2D eigenvalue weighted by Gasteiger charge is 2.24. The number of hydrogen-bond acceptors (Lipinski definition) is 7. The van der Waals surface area contributed by atoms with E-state index in [0.29, 0.717) is 24.4 Å². The van der Waals surface area contributed by atoms with E-state index in [4.69, 9.17) is 14.2 Å². The van der Waals surface area contributed by atoms with Gasteiger partial charge in [0.1, 0.15) is 5.75 Å². The molecule has 0 saturated heterocycles. The summed E-state index contributed by atoms with van der Waals surface area (Å²) in [6.07, 6.45) is 1.56. The number of rotatable bonds is 8. The molecule has 0 saturated carbocycles. The lowest BCUT2D eigenvalue weighted by Crippen LogP contribution is -2.11. The number of carbonyl (C=O) groups is 2. The minimum absolute atomic E-state index is 0.160. The van der Waals surface area contributed by atoms with E-state index >= 15 is 0 Å². The van der Waals surface area contributed by atoms with Crippen LogP contribution in [0.1, 0.15) is 40.4 Å². The van der Waals surface area contributed by atoms with E-state index in [2.05, 4.69) is 14.9 Å². The van der Waals surface area contributed by atoms with Crippen LogP contribution in [0.3, 0.4) is 0 Å². The minimum atomic E-state index is -0.506. The van der Waals surface area contributed by atoms with Gasteiger partial charge in [0, 0.05) is 28.4 Å². The van der Waals surface area contributed by atoms with Crippen molar-refractivity contribution in [3.63, 3.8) is 0 Å². The number of fused-ring (bicyclic) bond motifs is 3. The molecule has 9 nitrogen and oxygen atoms in total. The Morgan fingerprint density at radius 1 is 0.970 bits per heavy atom. The quantitative estimate of drug-likeness (QED) is 0.377. The maximum atomic E-state index is 12.9. The molecule has 0 radical (unpaired) electrons. The number of aromatic nitrogens is 4. The standard InChI is InChI=1S/C24H26N4O5/c1-5-32-23(29)19-14-27(26-25-19)11-12-28-15(3)21(24(30)33-6-2)18-13-20(31-4)16-9-7-8-10-17(16)22(18)28/h7-10,13-14H,5-6,11-12H2,1-4H3. The van der Waals surface area contributed by atoms with E-state index in [1.165, 1.54) is 0 Å². The van der Waals surface area contributed by atoms with Gasteiger partial charge < -0.3 is 18.8 Å². The first-order chi connectivity index (χ1) is 16.0. The van der Waals surface area contributed by atoms with E-state index in [1.54, 1.807) is 31.8 Å². The smallest absolute Gasteiger partial charge is 0.360 e. The van der Waals surface area contributed by atoms with Gasteiger partial charge >= 0.3 is 11.9 Å². The van der Waals surface area contributed by atoms with Crippen LogP contribution < -0.4 is 4.74 Å². The Morgan fingerprint density at radius 3 is 2.36 bits per heavy atom. The maximum absolute atomic E-state index is 12.9. The van der Waals surface area contributed by atoms with E-state index in [9.17, 15) is 9.59 Å². The van der Waals surface area contributed by atoms with Gasteiger partial charge in [-0.05, 0) is 26.8 Å². The van der Waals surface area contributed by atoms with Crippen molar-refractivity contribution in [2.24, 2.45) is 0 Å². The second kappa shape index (κ2) is 9.32. The summed E-state index contributed by atoms with van der Waals surface area (Å²) in [5, 5.41) is 10.6. The summed E-state index contributed by atoms with van der Waals surface area (Å²) >= 11 is 0. The monoisotopic (exact) mass is 450 g/mol. The first-order valence-electron chi connectivity index (χ1n) is 10.8. The molecular weight excluding hydrogens is 424 g/mol. The number of benzene rings is 2. The van der Waals surface area contributed by atoms with E-state index in [-0.39, 0.29) is 24.9 Å². The molecule has 0 atom stereocenters. The topological polar surface area (TPSA) is 97.5 Å². The number of ether oxygens (including phenoxy) is 3. The average molecular weight is 450 g/mol. The summed E-state index contributed by atoms with van der Waals surface area (Å²) in [6.45, 7) is 6.93. The molecule has 4 aromatic rings. The SMILES string of the molecule is CCOC(=O)c1cn(CCn2c(C)c(C(=O)OCC)c3cc(OC)c4ccccc4c32)nn1. The Kier molecular flexibility index (Phi) is 6.30. The predicted molar refractivity (Wildman–Crippen MR) is 123 cm³/mol. The Morgan fingerprint density at radius 2 is 1.67 bits per heavy atom. The van der Waals surface area contributed by atoms with Crippen LogP contribution in [0.2, 0.25) is 0 Å². The molecule has 2 heterocycles. The predicted octanol–water partition coefficient (Wildman–Crippen LogP) is 3.76. The molecule has 2 aromatic heterocycles. The van der Waals surface area contributed by atoms with Gasteiger partial charge in [-0.2, -0.15) is 0 Å². The molecule has 0 unspecified atom stereocenters. The van der Waals surface area contributed by atoms with Crippen molar-refractivity contribution < 1.29 is 23.8 Å². The first-order valence-corrected chi connectivity index (χ1v) is 10.8. The zero-order chi connectivity index (χ0) is 23.5. The Labute approximate surface area is 190 Å². The van der Waals surface area contributed by atoms with E-state index in [0.717, 1.165) is 27.4 Å². The van der Waals surface area contributed by atoms with Crippen molar-refractivity contribution in [3.05, 3.63) is 53.5 Å². The first kappa shape index (κ1) is 22.3. The molecule has 33 heavy (non-hydrogen) atoms. The van der Waals surface area contributed by atoms with Crippen molar-refractivity contribution in [3.8, 4) is 5.75 Å². The van der Waals surface area contributed by atoms with Crippen LogP contribution in [0, 0.1) is 6.92 Å². The van der Waals surface area contributed by atoms with Crippen LogP contribution >= 0.6 is 0 Å². The average Bonchev–Trinajstić information content (AvgIpc) is 3.39. The highest BCUT2D eigenvalue weighted by atomic mass is 16.5. The summed E-state index contributed by atoms with van der Waals surface area (Å²) < 4.78 is 19.6. The van der Waals surface area contributed by atoms with Gasteiger partial charge in [-0.1, -0.05) is 29.5 Å². The lowest BCUT2D eigenvalue weighted by atomic mass is 10.0. The van der Waals surface area contributed by atoms with Crippen LogP contribution in [-0.4, -0.2) is 51.8 Å². The third kappa shape index (κ3) is 4.02. The fraction of sp³-hybridized carbons (Fsp3) is 0.333. The second-order valence-corrected chi connectivity index (χ2v) is 7.44. The van der Waals surface area contributed by atoms with Gasteiger partial charge in [0.05, 0.1) is 44.1 Å². The molecular formula is C24H26N4O5. The van der Waals surface area contributed by atoms with Crippen LogP contribution in [0.25, 0.3) is 21.7 Å². The number of methoxy groups -OCH3 is 1. The van der Waals surface area contributed by atoms with Gasteiger partial charge in [-0.3, -0.25) is 0 Å². The van der Waals surface area contributed by atoms with Gasteiger partial charge in [0.2, 0.25) is 0 Å². The molecule has 0 bridgehead atoms. The zero-order valence-electron chi connectivity index (χ0n) is 19.1. The van der Waals surface area contributed by atoms with Crippen LogP contribution in [0.5, 0.6) is 5.75 Å². The molecule has 0 aliphatic rings. The molecule has 9 heteroatoms. The molecule has 2 aromatic carbocycles. The molecule has 172 valence electrons. The Hall–Kier alpha value is -3.88. The Balaban J connectivity index is 1.82. The summed E-state index contributed by atoms with van der Waals surface area (Å²) in [5.41, 5.74) is 2.38. The van der Waals surface area contributed by atoms with Gasteiger partial charge in [0.15, 0.2) is 5.69 Å². The number of esters is 2. The van der Waals surface area contributed by atoms with Gasteiger partial charge in [0.25, 0.3) is 0 Å². The lowest BCUT2D eigenvalue weighted by molar-refractivity contribution is 0.0513. The number of nitrogens with zero attached hydrogens (tertiary/aromatic N) is 4. The van der Waals surface area contributed by atoms with Crippen molar-refractivity contribution >= 4 is 33.6 Å². The molecule has 0 N–H and O–H groups in total. The van der Waals surface area contributed by atoms with E-state index < -0.39 is 5.97 Å². The van der Waals surface area contributed by atoms with Gasteiger partial charge in [-0.25, -0.2) is 14.3 Å². The zero-order valence-corrected chi connectivity index (χ0v) is 19.1. The van der Waals surface area contributed by atoms with Crippen molar-refractivity contribution in [1.29, 1.82) is 0 Å². The highest BCUT2D eigenvalue weighted by Crippen LogP contribution is 2.38. The fourth-order valence-electron chi connectivity index (χ4n) is 4.12. The summed E-state index contributed by atoms with van der Waals surface area (Å²) in [6, 6.07) is 9.81. The summed E-state index contributed by atoms with van der Waals surface area (Å²) in [4.78, 5) is 24.8. The molecule has 4 rings (SSSR count). The summed E-state index contributed by atoms with van der Waals surface area (Å²) in [5.74, 6) is -0.188. The van der Waals surface area contributed by atoms with Crippen molar-refractivity contribution in [1.82, 2.24) is 19.6 Å². The third-order valence-electron chi connectivity index (χ3n) is 5.56. The third-order valence-corrected chi connectivity index (χ3v) is 5.56. The van der Waals surface area contributed by atoms with Crippen LogP contribution in [-0.2, 0) is 22.6 Å². The molecule has 0 spiro atoms. The second-order valence-electron chi connectivity index (χ2n) is 7.44.